The Balaban J connectivity index is 2.18. The molecule has 3 heteroatoms. The summed E-state index contributed by atoms with van der Waals surface area (Å²) >= 11 is 0. The standard InChI is InChI=1S/C23H47N2P/c1-23(2,3)22(25(6)19-13-18-24(4)5)26(20-14-9-7-10-15-20)21-16-11-8-12-17-21/h20-22H,7-19H2,1-6H3. The molecule has 0 radical (unpaired) electrons. The van der Waals surface area contributed by atoms with E-state index in [2.05, 4.69) is 51.7 Å². The molecule has 26 heavy (non-hydrogen) atoms. The van der Waals surface area contributed by atoms with Crippen LogP contribution in [0.25, 0.3) is 0 Å². The molecule has 2 aliphatic carbocycles. The molecule has 0 N–H and O–H groups in total. The van der Waals surface area contributed by atoms with E-state index in [9.17, 15) is 0 Å². The van der Waals surface area contributed by atoms with Crippen molar-refractivity contribution in [1.82, 2.24) is 9.80 Å². The highest BCUT2D eigenvalue weighted by atomic mass is 31.1. The number of nitrogens with zero attached hydrogens (tertiary/aromatic N) is 2. The van der Waals surface area contributed by atoms with Gasteiger partial charge in [0.25, 0.3) is 0 Å². The molecule has 1 atom stereocenters. The monoisotopic (exact) mass is 382 g/mol. The van der Waals surface area contributed by atoms with Crippen molar-refractivity contribution in [2.45, 2.75) is 109 Å². The molecule has 0 amide bonds. The second-order valence-electron chi connectivity index (χ2n) is 10.4. The van der Waals surface area contributed by atoms with Gasteiger partial charge >= 0.3 is 0 Å². The van der Waals surface area contributed by atoms with Gasteiger partial charge in [-0.3, -0.25) is 4.90 Å². The molecule has 0 heterocycles. The highest BCUT2D eigenvalue weighted by Gasteiger charge is 2.42. The zero-order chi connectivity index (χ0) is 19.2. The average molecular weight is 383 g/mol. The highest BCUT2D eigenvalue weighted by Crippen LogP contribution is 2.63. The SMILES string of the molecule is CN(C)CCCN(C)C(P(C1CCCCC1)C1CCCCC1)C(C)(C)C. The fourth-order valence-electron chi connectivity index (χ4n) is 5.55. The van der Waals surface area contributed by atoms with E-state index in [0.29, 0.717) is 5.41 Å². The Morgan fingerprint density at radius 1 is 0.769 bits per heavy atom. The summed E-state index contributed by atoms with van der Waals surface area (Å²) in [4.78, 5) is 5.14. The van der Waals surface area contributed by atoms with Gasteiger partial charge in [0.1, 0.15) is 0 Å². The van der Waals surface area contributed by atoms with Crippen molar-refractivity contribution in [3.8, 4) is 0 Å². The van der Waals surface area contributed by atoms with E-state index in [1.165, 1.54) is 83.7 Å². The van der Waals surface area contributed by atoms with E-state index in [1.54, 1.807) is 0 Å². The van der Waals surface area contributed by atoms with Crippen LogP contribution in [-0.4, -0.2) is 61.1 Å². The van der Waals surface area contributed by atoms with Crippen molar-refractivity contribution in [3.05, 3.63) is 0 Å². The first-order valence-electron chi connectivity index (χ1n) is 11.4. The summed E-state index contributed by atoms with van der Waals surface area (Å²) in [5.41, 5.74) is 2.48. The van der Waals surface area contributed by atoms with Crippen LogP contribution in [0.15, 0.2) is 0 Å². The summed E-state index contributed by atoms with van der Waals surface area (Å²) in [5, 5.41) is 0. The topological polar surface area (TPSA) is 6.48 Å². The Kier molecular flexibility index (Phi) is 9.38. The quantitative estimate of drug-likeness (QED) is 0.449. The van der Waals surface area contributed by atoms with Crippen LogP contribution in [0.4, 0.5) is 0 Å². The Labute approximate surface area is 166 Å². The van der Waals surface area contributed by atoms with Crippen molar-refractivity contribution in [2.75, 3.05) is 34.2 Å². The Bertz CT molecular complexity index is 360. The minimum Gasteiger partial charge on any atom is -0.309 e. The van der Waals surface area contributed by atoms with Crippen molar-refractivity contribution in [3.63, 3.8) is 0 Å². The lowest BCUT2D eigenvalue weighted by Gasteiger charge is -2.51. The summed E-state index contributed by atoms with van der Waals surface area (Å²) in [7, 11) is 6.96. The largest absolute Gasteiger partial charge is 0.309 e. The predicted octanol–water partition coefficient (Wildman–Crippen LogP) is 6.39. The van der Waals surface area contributed by atoms with E-state index in [-0.39, 0.29) is 7.92 Å². The van der Waals surface area contributed by atoms with Crippen LogP contribution in [0, 0.1) is 5.41 Å². The van der Waals surface area contributed by atoms with Crippen molar-refractivity contribution >= 4 is 7.92 Å². The molecule has 0 spiro atoms. The van der Waals surface area contributed by atoms with Crippen LogP contribution >= 0.6 is 7.92 Å². The second kappa shape index (κ2) is 10.8. The minimum atomic E-state index is 0.0925. The highest BCUT2D eigenvalue weighted by molar-refractivity contribution is 7.59. The van der Waals surface area contributed by atoms with Gasteiger partial charge in [-0.05, 0) is 83.1 Å². The number of hydrogen-bond donors (Lipinski definition) is 0. The van der Waals surface area contributed by atoms with E-state index >= 15 is 0 Å². The third-order valence-corrected chi connectivity index (χ3v) is 11.0. The maximum Gasteiger partial charge on any atom is 0.0346 e. The molecule has 1 unspecified atom stereocenters. The van der Waals surface area contributed by atoms with Crippen LogP contribution < -0.4 is 0 Å². The van der Waals surface area contributed by atoms with Gasteiger partial charge < -0.3 is 4.90 Å². The molecule has 2 aliphatic rings. The average Bonchev–Trinajstić information content (AvgIpc) is 2.59. The fraction of sp³-hybridized carbons (Fsp3) is 1.00. The Hall–Kier alpha value is 0.350. The van der Waals surface area contributed by atoms with Gasteiger partial charge in [-0.1, -0.05) is 67.2 Å². The number of hydrogen-bond acceptors (Lipinski definition) is 2. The lowest BCUT2D eigenvalue weighted by Crippen LogP contribution is -2.45. The van der Waals surface area contributed by atoms with Gasteiger partial charge in [-0.15, -0.1) is 0 Å². The summed E-state index contributed by atoms with van der Waals surface area (Å²) < 4.78 is 0. The van der Waals surface area contributed by atoms with Gasteiger partial charge in [-0.25, -0.2) is 0 Å². The third-order valence-electron chi connectivity index (χ3n) is 6.58. The van der Waals surface area contributed by atoms with Gasteiger partial charge in [0.2, 0.25) is 0 Å². The first kappa shape index (κ1) is 22.6. The predicted molar refractivity (Wildman–Crippen MR) is 120 cm³/mol. The molecule has 2 nitrogen and oxygen atoms in total. The molecule has 0 aromatic rings. The first-order chi connectivity index (χ1) is 12.3. The Morgan fingerprint density at radius 2 is 1.23 bits per heavy atom. The van der Waals surface area contributed by atoms with E-state index in [4.69, 9.17) is 0 Å². The maximum absolute atomic E-state index is 2.80. The van der Waals surface area contributed by atoms with Crippen LogP contribution in [0.3, 0.4) is 0 Å². The molecule has 154 valence electrons. The smallest absolute Gasteiger partial charge is 0.0346 e. The van der Waals surface area contributed by atoms with Crippen LogP contribution in [-0.2, 0) is 0 Å². The van der Waals surface area contributed by atoms with Crippen molar-refractivity contribution < 1.29 is 0 Å². The summed E-state index contributed by atoms with van der Waals surface area (Å²) in [6, 6.07) is 0. The van der Waals surface area contributed by atoms with Crippen LogP contribution in [0.2, 0.25) is 0 Å². The molecular formula is C23H47N2P. The third kappa shape index (κ3) is 6.75. The molecule has 0 bridgehead atoms. The molecule has 2 saturated carbocycles. The second-order valence-corrected chi connectivity index (χ2v) is 13.3. The van der Waals surface area contributed by atoms with Gasteiger partial charge in [-0.2, -0.15) is 0 Å². The summed E-state index contributed by atoms with van der Waals surface area (Å²) in [6.07, 6.45) is 16.4. The molecule has 0 aliphatic heterocycles. The van der Waals surface area contributed by atoms with Crippen LogP contribution in [0.5, 0.6) is 0 Å². The zero-order valence-corrected chi connectivity index (χ0v) is 19.7. The van der Waals surface area contributed by atoms with Gasteiger partial charge in [0.15, 0.2) is 0 Å². The zero-order valence-electron chi connectivity index (χ0n) is 18.8. The fourth-order valence-corrected chi connectivity index (χ4v) is 10.3. The Morgan fingerprint density at radius 3 is 1.62 bits per heavy atom. The molecular weight excluding hydrogens is 335 g/mol. The summed E-state index contributed by atoms with van der Waals surface area (Å²) in [6.45, 7) is 10.1. The van der Waals surface area contributed by atoms with Crippen LogP contribution in [0.1, 0.15) is 91.4 Å². The lowest BCUT2D eigenvalue weighted by molar-refractivity contribution is 0.182. The molecule has 0 aromatic heterocycles. The van der Waals surface area contributed by atoms with Crippen molar-refractivity contribution in [2.24, 2.45) is 5.41 Å². The van der Waals surface area contributed by atoms with E-state index in [0.717, 1.165) is 17.1 Å². The first-order valence-corrected chi connectivity index (χ1v) is 13.0. The number of rotatable bonds is 8. The van der Waals surface area contributed by atoms with E-state index in [1.807, 2.05) is 0 Å². The van der Waals surface area contributed by atoms with Crippen molar-refractivity contribution in [1.29, 1.82) is 0 Å². The molecule has 2 rings (SSSR count). The summed E-state index contributed by atoms with van der Waals surface area (Å²) in [5.74, 6) is 0.797. The molecule has 2 fully saturated rings. The van der Waals surface area contributed by atoms with Gasteiger partial charge in [0, 0.05) is 5.78 Å². The lowest BCUT2D eigenvalue weighted by atomic mass is 9.95. The minimum absolute atomic E-state index is 0.0925. The normalized spacial score (nSPS) is 22.5. The molecule has 0 saturated heterocycles. The molecule has 0 aromatic carbocycles. The van der Waals surface area contributed by atoms with E-state index < -0.39 is 0 Å². The van der Waals surface area contributed by atoms with Gasteiger partial charge in [0.05, 0.1) is 0 Å². The maximum atomic E-state index is 2.80.